The van der Waals surface area contributed by atoms with E-state index in [1.165, 1.54) is 6.92 Å². The molecule has 200 valence electrons. The Balaban J connectivity index is 2.74. The number of benzene rings is 1. The van der Waals surface area contributed by atoms with Gasteiger partial charge < -0.3 is 38.3 Å². The van der Waals surface area contributed by atoms with Gasteiger partial charge in [0.2, 0.25) is 17.7 Å². The summed E-state index contributed by atoms with van der Waals surface area (Å²) in [6.45, 7) is 5.43. The molecule has 0 aliphatic carbocycles. The van der Waals surface area contributed by atoms with Gasteiger partial charge in [-0.05, 0) is 31.2 Å². The Labute approximate surface area is 211 Å². The molecule has 1 aromatic carbocycles. The SMILES string of the molecule is CCC(C)C(NC(=O)C(N)CCCN=C(N)N)C(=O)NC(C)C(=O)NC(Cc1ccccc1)C(=O)O. The summed E-state index contributed by atoms with van der Waals surface area (Å²) in [7, 11) is 0. The van der Waals surface area contributed by atoms with Crippen LogP contribution in [-0.2, 0) is 25.6 Å². The molecule has 1 rings (SSSR count). The Kier molecular flexibility index (Phi) is 12.9. The van der Waals surface area contributed by atoms with E-state index in [0.717, 1.165) is 5.56 Å². The molecule has 5 atom stereocenters. The number of aliphatic imine (C=N–C) groups is 1. The standard InChI is InChI=1S/C24H39N7O5/c1-4-14(2)19(31-21(33)17(25)11-8-12-28-24(26)27)22(34)29-15(3)20(32)30-18(23(35)36)13-16-9-6-5-7-10-16/h5-7,9-10,14-15,17-19H,4,8,11-13,25H2,1-3H3,(H,29,34)(H,30,32)(H,31,33)(H,35,36)(H4,26,27,28). The van der Waals surface area contributed by atoms with E-state index in [-0.39, 0.29) is 18.3 Å². The van der Waals surface area contributed by atoms with Crippen LogP contribution in [0.3, 0.4) is 0 Å². The van der Waals surface area contributed by atoms with E-state index in [1.807, 2.05) is 13.0 Å². The average Bonchev–Trinajstić information content (AvgIpc) is 2.84. The number of carboxylic acids is 1. The second-order valence-corrected chi connectivity index (χ2v) is 8.75. The first-order valence-electron chi connectivity index (χ1n) is 11.9. The van der Waals surface area contributed by atoms with E-state index in [0.29, 0.717) is 25.8 Å². The van der Waals surface area contributed by atoms with Crippen molar-refractivity contribution in [2.45, 2.75) is 70.6 Å². The van der Waals surface area contributed by atoms with Gasteiger partial charge in [-0.3, -0.25) is 19.4 Å². The third-order valence-electron chi connectivity index (χ3n) is 5.75. The lowest BCUT2D eigenvalue weighted by Crippen LogP contribution is -2.58. The maximum absolute atomic E-state index is 13.0. The first kappa shape index (κ1) is 30.4. The number of carbonyl (C=O) groups is 4. The first-order chi connectivity index (χ1) is 17.0. The van der Waals surface area contributed by atoms with Crippen molar-refractivity contribution in [1.29, 1.82) is 0 Å². The fourth-order valence-electron chi connectivity index (χ4n) is 3.33. The van der Waals surface area contributed by atoms with Crippen LogP contribution < -0.4 is 33.2 Å². The molecule has 0 saturated carbocycles. The maximum atomic E-state index is 13.0. The first-order valence-corrected chi connectivity index (χ1v) is 11.9. The van der Waals surface area contributed by atoms with Crippen molar-refractivity contribution in [3.8, 4) is 0 Å². The quantitative estimate of drug-likeness (QED) is 0.0908. The van der Waals surface area contributed by atoms with Gasteiger partial charge in [0.1, 0.15) is 18.1 Å². The molecule has 36 heavy (non-hydrogen) atoms. The Hall–Kier alpha value is -3.67. The summed E-state index contributed by atoms with van der Waals surface area (Å²) in [5, 5.41) is 17.2. The number of nitrogens with two attached hydrogens (primary N) is 3. The zero-order valence-electron chi connectivity index (χ0n) is 21.1. The molecule has 3 amide bonds. The molecule has 0 aliphatic heterocycles. The molecular weight excluding hydrogens is 466 g/mol. The van der Waals surface area contributed by atoms with Crippen molar-refractivity contribution in [1.82, 2.24) is 16.0 Å². The number of hydrogen-bond acceptors (Lipinski definition) is 6. The van der Waals surface area contributed by atoms with Gasteiger partial charge in [0.05, 0.1) is 6.04 Å². The highest BCUT2D eigenvalue weighted by Gasteiger charge is 2.30. The Morgan fingerprint density at radius 2 is 1.61 bits per heavy atom. The van der Waals surface area contributed by atoms with E-state index >= 15 is 0 Å². The molecule has 0 radical (unpaired) electrons. The summed E-state index contributed by atoms with van der Waals surface area (Å²) >= 11 is 0. The van der Waals surface area contributed by atoms with Gasteiger partial charge in [-0.1, -0.05) is 50.6 Å². The molecule has 12 heteroatoms. The van der Waals surface area contributed by atoms with Gasteiger partial charge in [-0.15, -0.1) is 0 Å². The number of hydrogen-bond donors (Lipinski definition) is 7. The topological polar surface area (TPSA) is 215 Å². The molecule has 12 nitrogen and oxygen atoms in total. The lowest BCUT2D eigenvalue weighted by Gasteiger charge is -2.27. The minimum Gasteiger partial charge on any atom is -0.480 e. The van der Waals surface area contributed by atoms with Crippen LogP contribution in [0, 0.1) is 5.92 Å². The predicted molar refractivity (Wildman–Crippen MR) is 137 cm³/mol. The maximum Gasteiger partial charge on any atom is 0.326 e. The van der Waals surface area contributed by atoms with Crippen LogP contribution in [0.15, 0.2) is 35.3 Å². The number of nitrogens with one attached hydrogen (secondary N) is 3. The van der Waals surface area contributed by atoms with E-state index in [9.17, 15) is 24.3 Å². The fraction of sp³-hybridized carbons (Fsp3) is 0.542. The second kappa shape index (κ2) is 15.4. The smallest absolute Gasteiger partial charge is 0.326 e. The van der Waals surface area contributed by atoms with Crippen LogP contribution in [0.2, 0.25) is 0 Å². The number of guanidine groups is 1. The molecule has 0 fully saturated rings. The Bertz CT molecular complexity index is 905. The molecule has 1 aromatic rings. The van der Waals surface area contributed by atoms with Gasteiger partial charge >= 0.3 is 5.97 Å². The summed E-state index contributed by atoms with van der Waals surface area (Å²) in [6.07, 6.45) is 1.47. The van der Waals surface area contributed by atoms with Gasteiger partial charge in [0.25, 0.3) is 0 Å². The zero-order chi connectivity index (χ0) is 27.3. The van der Waals surface area contributed by atoms with Crippen LogP contribution in [0.5, 0.6) is 0 Å². The second-order valence-electron chi connectivity index (χ2n) is 8.75. The molecule has 0 heterocycles. The molecule has 0 bridgehead atoms. The number of rotatable bonds is 15. The highest BCUT2D eigenvalue weighted by molar-refractivity contribution is 5.94. The van der Waals surface area contributed by atoms with Crippen LogP contribution in [0.1, 0.15) is 45.6 Å². The third-order valence-corrected chi connectivity index (χ3v) is 5.75. The lowest BCUT2D eigenvalue weighted by atomic mass is 9.97. The summed E-state index contributed by atoms with van der Waals surface area (Å²) in [4.78, 5) is 53.7. The zero-order valence-corrected chi connectivity index (χ0v) is 21.1. The number of amides is 3. The Morgan fingerprint density at radius 1 is 0.972 bits per heavy atom. The highest BCUT2D eigenvalue weighted by atomic mass is 16.4. The van der Waals surface area contributed by atoms with Crippen molar-refractivity contribution in [2.75, 3.05) is 6.54 Å². The molecule has 0 saturated heterocycles. The largest absolute Gasteiger partial charge is 0.480 e. The van der Waals surface area contributed by atoms with Crippen LogP contribution in [-0.4, -0.2) is 65.5 Å². The normalized spacial score (nSPS) is 14.9. The average molecular weight is 506 g/mol. The van der Waals surface area contributed by atoms with Crippen LogP contribution in [0.4, 0.5) is 0 Å². The minimum atomic E-state index is -1.19. The summed E-state index contributed by atoms with van der Waals surface area (Å²) in [5.41, 5.74) is 17.2. The van der Waals surface area contributed by atoms with Crippen molar-refractivity contribution >= 4 is 29.7 Å². The lowest BCUT2D eigenvalue weighted by molar-refractivity contribution is -0.142. The molecule has 0 spiro atoms. The van der Waals surface area contributed by atoms with Gasteiger partial charge in [-0.2, -0.15) is 0 Å². The molecular formula is C24H39N7O5. The third kappa shape index (κ3) is 10.7. The van der Waals surface area contributed by atoms with E-state index in [2.05, 4.69) is 20.9 Å². The van der Waals surface area contributed by atoms with Crippen LogP contribution in [0.25, 0.3) is 0 Å². The Morgan fingerprint density at radius 3 is 2.17 bits per heavy atom. The molecule has 0 aliphatic rings. The predicted octanol–water partition coefficient (Wildman–Crippen LogP) is -0.785. The number of carbonyl (C=O) groups excluding carboxylic acids is 3. The highest BCUT2D eigenvalue weighted by Crippen LogP contribution is 2.10. The van der Waals surface area contributed by atoms with Crippen molar-refractivity contribution in [3.05, 3.63) is 35.9 Å². The summed E-state index contributed by atoms with van der Waals surface area (Å²) < 4.78 is 0. The van der Waals surface area contributed by atoms with E-state index in [4.69, 9.17) is 17.2 Å². The van der Waals surface area contributed by atoms with E-state index in [1.54, 1.807) is 31.2 Å². The van der Waals surface area contributed by atoms with E-state index < -0.39 is 47.9 Å². The number of aliphatic carboxylic acids is 1. The monoisotopic (exact) mass is 505 g/mol. The van der Waals surface area contributed by atoms with Gasteiger partial charge in [-0.25, -0.2) is 4.79 Å². The van der Waals surface area contributed by atoms with Crippen LogP contribution >= 0.6 is 0 Å². The van der Waals surface area contributed by atoms with Crippen molar-refractivity contribution in [3.63, 3.8) is 0 Å². The van der Waals surface area contributed by atoms with Crippen molar-refractivity contribution < 1.29 is 24.3 Å². The minimum absolute atomic E-state index is 0.0468. The van der Waals surface area contributed by atoms with Crippen molar-refractivity contribution in [2.24, 2.45) is 28.1 Å². The van der Waals surface area contributed by atoms with Gasteiger partial charge in [0.15, 0.2) is 5.96 Å². The number of nitrogens with zero attached hydrogens (tertiary/aromatic N) is 1. The summed E-state index contributed by atoms with van der Waals surface area (Å²) in [6, 6.07) is 4.89. The fourth-order valence-corrected chi connectivity index (χ4v) is 3.33. The molecule has 5 unspecified atom stereocenters. The number of carboxylic acid groups (broad SMARTS) is 1. The molecule has 0 aromatic heterocycles. The summed E-state index contributed by atoms with van der Waals surface area (Å²) in [5.74, 6) is -3.21. The van der Waals surface area contributed by atoms with Gasteiger partial charge in [0, 0.05) is 13.0 Å². The molecule has 10 N–H and O–H groups in total.